The van der Waals surface area contributed by atoms with Crippen molar-refractivity contribution in [3.63, 3.8) is 0 Å². The van der Waals surface area contributed by atoms with Gasteiger partial charge in [0.25, 0.3) is 0 Å². The van der Waals surface area contributed by atoms with Crippen LogP contribution in [0.1, 0.15) is 57.6 Å². The molecule has 2 nitrogen and oxygen atoms in total. The average molecular weight is 267 g/mol. The maximum absolute atomic E-state index is 12.8. The van der Waals surface area contributed by atoms with Gasteiger partial charge in [-0.25, -0.2) is 4.39 Å². The molecule has 0 saturated carbocycles. The first-order chi connectivity index (χ1) is 9.13. The van der Waals surface area contributed by atoms with Gasteiger partial charge in [-0.1, -0.05) is 44.7 Å². The summed E-state index contributed by atoms with van der Waals surface area (Å²) in [5.74, 6) is -0.270. The predicted molar refractivity (Wildman–Crippen MR) is 77.6 cm³/mol. The number of halogens is 1. The van der Waals surface area contributed by atoms with Gasteiger partial charge in [-0.3, -0.25) is 0 Å². The van der Waals surface area contributed by atoms with E-state index in [2.05, 4.69) is 19.2 Å². The summed E-state index contributed by atoms with van der Waals surface area (Å²) in [6.45, 7) is 4.87. The van der Waals surface area contributed by atoms with Crippen LogP contribution in [0.5, 0.6) is 0 Å². The van der Waals surface area contributed by atoms with Gasteiger partial charge in [-0.15, -0.1) is 0 Å². The summed E-state index contributed by atoms with van der Waals surface area (Å²) >= 11 is 0. The van der Waals surface area contributed by atoms with Gasteiger partial charge in [0.2, 0.25) is 0 Å². The van der Waals surface area contributed by atoms with E-state index in [-0.39, 0.29) is 5.82 Å². The maximum Gasteiger partial charge on any atom is 0.123 e. The lowest BCUT2D eigenvalue weighted by Gasteiger charge is -2.17. The SMILES string of the molecule is CCCCCCC(C)NCC(O)c1ccc(F)cc1. The van der Waals surface area contributed by atoms with Crippen LogP contribution in [-0.2, 0) is 0 Å². The number of aliphatic hydroxyl groups excluding tert-OH is 1. The summed E-state index contributed by atoms with van der Waals surface area (Å²) in [7, 11) is 0. The van der Waals surface area contributed by atoms with E-state index in [1.54, 1.807) is 12.1 Å². The normalized spacial score (nSPS) is 14.3. The van der Waals surface area contributed by atoms with Crippen molar-refractivity contribution in [3.8, 4) is 0 Å². The number of aliphatic hydroxyl groups is 1. The number of hydrogen-bond donors (Lipinski definition) is 2. The second-order valence-electron chi connectivity index (χ2n) is 5.23. The van der Waals surface area contributed by atoms with E-state index in [1.807, 2.05) is 0 Å². The van der Waals surface area contributed by atoms with Crippen molar-refractivity contribution in [2.24, 2.45) is 0 Å². The van der Waals surface area contributed by atoms with Crippen molar-refractivity contribution in [2.45, 2.75) is 58.1 Å². The predicted octanol–water partition coefficient (Wildman–Crippen LogP) is 3.81. The quantitative estimate of drug-likeness (QED) is 0.667. The molecule has 2 atom stereocenters. The average Bonchev–Trinajstić information content (AvgIpc) is 2.42. The molecule has 0 fully saturated rings. The topological polar surface area (TPSA) is 32.3 Å². The van der Waals surface area contributed by atoms with E-state index in [9.17, 15) is 9.50 Å². The molecule has 0 amide bonds. The molecule has 19 heavy (non-hydrogen) atoms. The molecule has 2 N–H and O–H groups in total. The van der Waals surface area contributed by atoms with E-state index in [1.165, 1.54) is 37.8 Å². The van der Waals surface area contributed by atoms with Crippen LogP contribution >= 0.6 is 0 Å². The molecule has 2 unspecified atom stereocenters. The number of hydrogen-bond acceptors (Lipinski definition) is 2. The highest BCUT2D eigenvalue weighted by Crippen LogP contribution is 2.13. The zero-order valence-electron chi connectivity index (χ0n) is 12.0. The molecule has 0 bridgehead atoms. The molecule has 0 aliphatic carbocycles. The van der Waals surface area contributed by atoms with Crippen molar-refractivity contribution in [3.05, 3.63) is 35.6 Å². The van der Waals surface area contributed by atoms with Crippen LogP contribution in [-0.4, -0.2) is 17.7 Å². The van der Waals surface area contributed by atoms with Crippen LogP contribution in [0.3, 0.4) is 0 Å². The van der Waals surface area contributed by atoms with Gasteiger partial charge >= 0.3 is 0 Å². The van der Waals surface area contributed by atoms with Crippen LogP contribution in [0.15, 0.2) is 24.3 Å². The fourth-order valence-electron chi connectivity index (χ4n) is 2.09. The number of nitrogens with one attached hydrogen (secondary N) is 1. The maximum atomic E-state index is 12.8. The third-order valence-corrected chi connectivity index (χ3v) is 3.41. The Kier molecular flexibility index (Phi) is 7.68. The van der Waals surface area contributed by atoms with Crippen LogP contribution in [0.2, 0.25) is 0 Å². The van der Waals surface area contributed by atoms with E-state index < -0.39 is 6.10 Å². The van der Waals surface area contributed by atoms with E-state index in [0.29, 0.717) is 12.6 Å². The second-order valence-corrected chi connectivity index (χ2v) is 5.23. The Morgan fingerprint density at radius 3 is 2.47 bits per heavy atom. The summed E-state index contributed by atoms with van der Waals surface area (Å²) < 4.78 is 12.8. The minimum absolute atomic E-state index is 0.270. The summed E-state index contributed by atoms with van der Waals surface area (Å²) in [4.78, 5) is 0. The molecule has 0 heterocycles. The minimum Gasteiger partial charge on any atom is -0.387 e. The third kappa shape index (κ3) is 6.69. The minimum atomic E-state index is -0.571. The summed E-state index contributed by atoms with van der Waals surface area (Å²) in [5, 5.41) is 13.3. The number of unbranched alkanes of at least 4 members (excludes halogenated alkanes) is 3. The molecule has 108 valence electrons. The Bertz CT molecular complexity index is 339. The summed E-state index contributed by atoms with van der Waals surface area (Å²) in [5.41, 5.74) is 0.757. The second kappa shape index (κ2) is 9.05. The lowest BCUT2D eigenvalue weighted by atomic mass is 10.1. The summed E-state index contributed by atoms with van der Waals surface area (Å²) in [6.07, 6.45) is 5.63. The molecule has 1 rings (SSSR count). The Hall–Kier alpha value is -0.930. The van der Waals surface area contributed by atoms with Gasteiger partial charge < -0.3 is 10.4 Å². The van der Waals surface area contributed by atoms with Crippen LogP contribution in [0.25, 0.3) is 0 Å². The molecule has 0 radical (unpaired) electrons. The smallest absolute Gasteiger partial charge is 0.123 e. The molecule has 0 aromatic heterocycles. The fourth-order valence-corrected chi connectivity index (χ4v) is 2.09. The molecular weight excluding hydrogens is 241 g/mol. The van der Waals surface area contributed by atoms with Crippen molar-refractivity contribution in [1.82, 2.24) is 5.32 Å². The summed E-state index contributed by atoms with van der Waals surface area (Å²) in [6, 6.07) is 6.44. The highest BCUT2D eigenvalue weighted by molar-refractivity contribution is 5.18. The molecular formula is C16H26FNO. The van der Waals surface area contributed by atoms with Crippen molar-refractivity contribution in [2.75, 3.05) is 6.54 Å². The Morgan fingerprint density at radius 2 is 1.84 bits per heavy atom. The van der Waals surface area contributed by atoms with Crippen LogP contribution in [0.4, 0.5) is 4.39 Å². The van der Waals surface area contributed by atoms with Gasteiger partial charge in [-0.05, 0) is 31.0 Å². The lowest BCUT2D eigenvalue weighted by Crippen LogP contribution is -2.30. The highest BCUT2D eigenvalue weighted by Gasteiger charge is 2.09. The van der Waals surface area contributed by atoms with Crippen molar-refractivity contribution < 1.29 is 9.50 Å². The molecule has 1 aromatic carbocycles. The number of rotatable bonds is 9. The number of benzene rings is 1. The highest BCUT2D eigenvalue weighted by atomic mass is 19.1. The fraction of sp³-hybridized carbons (Fsp3) is 0.625. The van der Waals surface area contributed by atoms with E-state index in [4.69, 9.17) is 0 Å². The van der Waals surface area contributed by atoms with Crippen LogP contribution in [0, 0.1) is 5.82 Å². The van der Waals surface area contributed by atoms with E-state index >= 15 is 0 Å². The van der Waals surface area contributed by atoms with Crippen molar-refractivity contribution >= 4 is 0 Å². The van der Waals surface area contributed by atoms with Gasteiger partial charge in [0, 0.05) is 12.6 Å². The molecule has 3 heteroatoms. The van der Waals surface area contributed by atoms with Gasteiger partial charge in [0.05, 0.1) is 6.10 Å². The van der Waals surface area contributed by atoms with Crippen LogP contribution < -0.4 is 5.32 Å². The standard InChI is InChI=1S/C16H26FNO/c1-3-4-5-6-7-13(2)18-12-16(19)14-8-10-15(17)11-9-14/h8-11,13,16,18-19H,3-7,12H2,1-2H3. The van der Waals surface area contributed by atoms with Gasteiger partial charge in [-0.2, -0.15) is 0 Å². The van der Waals surface area contributed by atoms with Gasteiger partial charge in [0.15, 0.2) is 0 Å². The molecule has 1 aromatic rings. The zero-order valence-corrected chi connectivity index (χ0v) is 12.0. The largest absolute Gasteiger partial charge is 0.387 e. The van der Waals surface area contributed by atoms with E-state index in [0.717, 1.165) is 12.0 Å². The molecule has 0 spiro atoms. The zero-order chi connectivity index (χ0) is 14.1. The van der Waals surface area contributed by atoms with Gasteiger partial charge in [0.1, 0.15) is 5.82 Å². The molecule has 0 aliphatic rings. The Balaban J connectivity index is 2.22. The first-order valence-corrected chi connectivity index (χ1v) is 7.30. The third-order valence-electron chi connectivity index (χ3n) is 3.41. The lowest BCUT2D eigenvalue weighted by molar-refractivity contribution is 0.169. The first kappa shape index (κ1) is 16.1. The Labute approximate surface area is 116 Å². The monoisotopic (exact) mass is 267 g/mol. The molecule has 0 aliphatic heterocycles. The van der Waals surface area contributed by atoms with Crippen molar-refractivity contribution in [1.29, 1.82) is 0 Å². The first-order valence-electron chi connectivity index (χ1n) is 7.30. The Morgan fingerprint density at radius 1 is 1.16 bits per heavy atom. The molecule has 0 saturated heterocycles.